The fourth-order valence-electron chi connectivity index (χ4n) is 1.69. The molecule has 0 aliphatic heterocycles. The lowest BCUT2D eigenvalue weighted by Crippen LogP contribution is -2.28. The lowest BCUT2D eigenvalue weighted by Gasteiger charge is -2.24. The van der Waals surface area contributed by atoms with E-state index >= 15 is 0 Å². The van der Waals surface area contributed by atoms with Crippen LogP contribution in [0, 0.1) is 0 Å². The molecule has 1 heterocycles. The van der Waals surface area contributed by atoms with E-state index in [1.54, 1.807) is 20.5 Å². The van der Waals surface area contributed by atoms with Crippen LogP contribution in [0.3, 0.4) is 0 Å². The zero-order valence-electron chi connectivity index (χ0n) is 11.6. The number of nitrogens with zero attached hydrogens (tertiary/aromatic N) is 3. The van der Waals surface area contributed by atoms with Crippen molar-refractivity contribution in [3.05, 3.63) is 6.33 Å². The highest BCUT2D eigenvalue weighted by molar-refractivity contribution is 5.64. The van der Waals surface area contributed by atoms with Crippen molar-refractivity contribution in [3.63, 3.8) is 0 Å². The van der Waals surface area contributed by atoms with Crippen molar-refractivity contribution >= 4 is 11.6 Å². The maximum atomic E-state index is 5.42. The van der Waals surface area contributed by atoms with E-state index in [0.717, 1.165) is 31.3 Å². The number of likely N-dealkylation sites (N-methyl/N-ethyl adjacent to an activating group) is 1. The summed E-state index contributed by atoms with van der Waals surface area (Å²) < 4.78 is 10.5. The molecular formula is C12H22N4O2. The molecule has 1 rings (SSSR count). The summed E-state index contributed by atoms with van der Waals surface area (Å²) in [7, 11) is 3.32. The molecule has 0 aliphatic carbocycles. The highest BCUT2D eigenvalue weighted by Crippen LogP contribution is 2.31. The molecule has 0 saturated carbocycles. The molecule has 0 amide bonds. The largest absolute Gasteiger partial charge is 0.490 e. The van der Waals surface area contributed by atoms with Crippen molar-refractivity contribution in [1.29, 1.82) is 0 Å². The Kier molecular flexibility index (Phi) is 6.21. The van der Waals surface area contributed by atoms with Gasteiger partial charge in [0.2, 0.25) is 5.75 Å². The van der Waals surface area contributed by atoms with Gasteiger partial charge >= 0.3 is 0 Å². The maximum Gasteiger partial charge on any atom is 0.204 e. The first-order valence-corrected chi connectivity index (χ1v) is 6.15. The van der Waals surface area contributed by atoms with Crippen LogP contribution in [-0.2, 0) is 4.74 Å². The highest BCUT2D eigenvalue weighted by Gasteiger charge is 2.16. The van der Waals surface area contributed by atoms with Gasteiger partial charge in [0.1, 0.15) is 6.33 Å². The van der Waals surface area contributed by atoms with E-state index in [9.17, 15) is 0 Å². The zero-order valence-corrected chi connectivity index (χ0v) is 11.6. The number of methoxy groups -OCH3 is 2. The minimum atomic E-state index is 0.650. The second-order valence-electron chi connectivity index (χ2n) is 3.68. The first-order chi connectivity index (χ1) is 8.78. The van der Waals surface area contributed by atoms with Gasteiger partial charge in [-0.25, -0.2) is 9.97 Å². The molecule has 0 saturated heterocycles. The first-order valence-electron chi connectivity index (χ1n) is 6.15. The molecule has 0 atom stereocenters. The fraction of sp³-hybridized carbons (Fsp3) is 0.667. The van der Waals surface area contributed by atoms with E-state index in [2.05, 4.69) is 27.1 Å². The van der Waals surface area contributed by atoms with Gasteiger partial charge in [0, 0.05) is 26.7 Å². The average molecular weight is 254 g/mol. The molecule has 0 unspecified atom stereocenters. The predicted molar refractivity (Wildman–Crippen MR) is 72.5 cm³/mol. The van der Waals surface area contributed by atoms with E-state index in [0.29, 0.717) is 12.4 Å². The monoisotopic (exact) mass is 254 g/mol. The van der Waals surface area contributed by atoms with Crippen molar-refractivity contribution < 1.29 is 9.47 Å². The van der Waals surface area contributed by atoms with E-state index < -0.39 is 0 Å². The molecule has 1 aromatic rings. The molecule has 6 heteroatoms. The third-order valence-corrected chi connectivity index (χ3v) is 2.58. The first kappa shape index (κ1) is 14.5. The van der Waals surface area contributed by atoms with Crippen LogP contribution < -0.4 is 15.0 Å². The molecule has 0 bridgehead atoms. The second-order valence-corrected chi connectivity index (χ2v) is 3.68. The summed E-state index contributed by atoms with van der Waals surface area (Å²) in [5, 5.41) is 3.17. The molecule has 0 aliphatic rings. The van der Waals surface area contributed by atoms with Gasteiger partial charge in [0.15, 0.2) is 11.6 Å². The Bertz CT molecular complexity index is 360. The van der Waals surface area contributed by atoms with Crippen LogP contribution in [0.15, 0.2) is 6.33 Å². The van der Waals surface area contributed by atoms with Crippen LogP contribution in [0.25, 0.3) is 0 Å². The third kappa shape index (κ3) is 3.46. The lowest BCUT2D eigenvalue weighted by atomic mass is 10.4. The van der Waals surface area contributed by atoms with Gasteiger partial charge in [0.25, 0.3) is 0 Å². The van der Waals surface area contributed by atoms with Crippen LogP contribution in [-0.4, -0.2) is 50.4 Å². The topological polar surface area (TPSA) is 59.5 Å². The molecule has 1 aromatic heterocycles. The molecule has 102 valence electrons. The second kappa shape index (κ2) is 7.71. The quantitative estimate of drug-likeness (QED) is 0.756. The molecule has 0 spiro atoms. The van der Waals surface area contributed by atoms with Crippen molar-refractivity contribution in [2.24, 2.45) is 0 Å². The van der Waals surface area contributed by atoms with Crippen LogP contribution in [0.2, 0.25) is 0 Å². The molecule has 0 aromatic carbocycles. The third-order valence-electron chi connectivity index (χ3n) is 2.58. The van der Waals surface area contributed by atoms with E-state index in [-0.39, 0.29) is 0 Å². The van der Waals surface area contributed by atoms with Gasteiger partial charge in [-0.05, 0) is 13.8 Å². The van der Waals surface area contributed by atoms with Crippen LogP contribution >= 0.6 is 0 Å². The molecule has 0 fully saturated rings. The Hall–Kier alpha value is -1.56. The number of hydrogen-bond acceptors (Lipinski definition) is 6. The molecule has 1 N–H and O–H groups in total. The van der Waals surface area contributed by atoms with Gasteiger partial charge in [-0.3, -0.25) is 0 Å². The highest BCUT2D eigenvalue weighted by atomic mass is 16.5. The van der Waals surface area contributed by atoms with Gasteiger partial charge < -0.3 is 19.7 Å². The summed E-state index contributed by atoms with van der Waals surface area (Å²) >= 11 is 0. The fourth-order valence-corrected chi connectivity index (χ4v) is 1.69. The number of ether oxygens (including phenoxy) is 2. The Morgan fingerprint density at radius 3 is 2.61 bits per heavy atom. The summed E-state index contributed by atoms with van der Waals surface area (Å²) in [4.78, 5) is 10.6. The number of aromatic nitrogens is 2. The minimum absolute atomic E-state index is 0.650. The minimum Gasteiger partial charge on any atom is -0.490 e. The smallest absolute Gasteiger partial charge is 0.204 e. The van der Waals surface area contributed by atoms with Gasteiger partial charge in [-0.1, -0.05) is 0 Å². The molecule has 0 radical (unpaired) electrons. The van der Waals surface area contributed by atoms with Gasteiger partial charge in [-0.2, -0.15) is 0 Å². The van der Waals surface area contributed by atoms with E-state index in [1.807, 2.05) is 6.92 Å². The Morgan fingerprint density at radius 2 is 2.06 bits per heavy atom. The number of hydrogen-bond donors (Lipinski definition) is 1. The molecule has 6 nitrogen and oxygen atoms in total. The summed E-state index contributed by atoms with van der Waals surface area (Å²) in [5.74, 6) is 2.20. The van der Waals surface area contributed by atoms with Crippen LogP contribution in [0.1, 0.15) is 13.8 Å². The Morgan fingerprint density at radius 1 is 1.28 bits per heavy atom. The summed E-state index contributed by atoms with van der Waals surface area (Å²) in [5.41, 5.74) is 0. The average Bonchev–Trinajstić information content (AvgIpc) is 2.40. The van der Waals surface area contributed by atoms with Gasteiger partial charge in [-0.15, -0.1) is 0 Å². The van der Waals surface area contributed by atoms with E-state index in [4.69, 9.17) is 9.47 Å². The van der Waals surface area contributed by atoms with Crippen LogP contribution in [0.5, 0.6) is 5.75 Å². The van der Waals surface area contributed by atoms with E-state index in [1.165, 1.54) is 0 Å². The number of anilines is 2. The summed E-state index contributed by atoms with van der Waals surface area (Å²) in [6.07, 6.45) is 1.55. The SMILES string of the molecule is CCNc1ncnc(N(CC)CCOC)c1OC. The normalized spacial score (nSPS) is 10.2. The standard InChI is InChI=1S/C12H22N4O2/c1-5-13-11-10(18-4)12(15-9-14-11)16(6-2)7-8-17-3/h9H,5-8H2,1-4H3,(H,13,14,15). The lowest BCUT2D eigenvalue weighted by molar-refractivity contribution is 0.205. The summed E-state index contributed by atoms with van der Waals surface area (Å²) in [6, 6.07) is 0. The summed E-state index contributed by atoms with van der Waals surface area (Å²) in [6.45, 7) is 7.14. The maximum absolute atomic E-state index is 5.42. The zero-order chi connectivity index (χ0) is 13.4. The molecule has 18 heavy (non-hydrogen) atoms. The number of nitrogens with one attached hydrogen (secondary N) is 1. The molecular weight excluding hydrogens is 232 g/mol. The van der Waals surface area contributed by atoms with Crippen molar-refractivity contribution in [2.45, 2.75) is 13.8 Å². The van der Waals surface area contributed by atoms with Crippen molar-refractivity contribution in [2.75, 3.05) is 50.7 Å². The van der Waals surface area contributed by atoms with Crippen molar-refractivity contribution in [3.8, 4) is 5.75 Å². The van der Waals surface area contributed by atoms with Crippen LogP contribution in [0.4, 0.5) is 11.6 Å². The van der Waals surface area contributed by atoms with Gasteiger partial charge in [0.05, 0.1) is 13.7 Å². The Labute approximate surface area is 108 Å². The predicted octanol–water partition coefficient (Wildman–Crippen LogP) is 1.39. The Balaban J connectivity index is 3.00. The van der Waals surface area contributed by atoms with Crippen molar-refractivity contribution in [1.82, 2.24) is 9.97 Å². The number of rotatable bonds is 8.